The van der Waals surface area contributed by atoms with E-state index in [1.54, 1.807) is 11.3 Å². The number of rotatable bonds is 4. The minimum absolute atomic E-state index is 0.549. The lowest BCUT2D eigenvalue weighted by molar-refractivity contribution is 0.629. The Morgan fingerprint density at radius 1 is 1.42 bits per heavy atom. The topological polar surface area (TPSA) is 74.6 Å². The molecule has 19 heavy (non-hydrogen) atoms. The molecule has 0 saturated heterocycles. The van der Waals surface area contributed by atoms with Gasteiger partial charge in [-0.2, -0.15) is 5.10 Å². The summed E-state index contributed by atoms with van der Waals surface area (Å²) in [4.78, 5) is 8.72. The molecular formula is C12H16N6S. The molecule has 3 aromatic rings. The Balaban J connectivity index is 1.99. The van der Waals surface area contributed by atoms with E-state index in [2.05, 4.69) is 27.4 Å². The van der Waals surface area contributed by atoms with Crippen molar-refractivity contribution >= 4 is 28.4 Å². The van der Waals surface area contributed by atoms with E-state index < -0.39 is 0 Å². The number of aryl methyl sites for hydroxylation is 4. The van der Waals surface area contributed by atoms with Crippen LogP contribution in [0.5, 0.6) is 0 Å². The second kappa shape index (κ2) is 4.65. The second-order valence-electron chi connectivity index (χ2n) is 4.42. The van der Waals surface area contributed by atoms with Gasteiger partial charge in [-0.15, -0.1) is 11.3 Å². The van der Waals surface area contributed by atoms with E-state index in [1.807, 2.05) is 21.7 Å². The van der Waals surface area contributed by atoms with E-state index in [4.69, 9.17) is 5.73 Å². The molecule has 7 heteroatoms. The van der Waals surface area contributed by atoms with E-state index in [-0.39, 0.29) is 0 Å². The predicted molar refractivity (Wildman–Crippen MR) is 76.2 cm³/mol. The number of fused-ring (bicyclic) bond motifs is 1. The third-order valence-corrected chi connectivity index (χ3v) is 3.84. The Labute approximate surface area is 114 Å². The zero-order valence-electron chi connectivity index (χ0n) is 11.0. The first kappa shape index (κ1) is 12.2. The molecule has 0 saturated carbocycles. The van der Waals surface area contributed by atoms with Crippen molar-refractivity contribution in [2.24, 2.45) is 0 Å². The van der Waals surface area contributed by atoms with Gasteiger partial charge in [-0.3, -0.25) is 4.57 Å². The van der Waals surface area contributed by atoms with Crippen LogP contribution in [0.1, 0.15) is 18.3 Å². The Kier molecular flexibility index (Phi) is 2.98. The SMILES string of the molecule is CCn1nc(C)c2nc(N)n(CCc3cscn3)c21. The Bertz CT molecular complexity index is 694. The number of anilines is 1. The third-order valence-electron chi connectivity index (χ3n) is 3.20. The number of imidazole rings is 1. The molecule has 100 valence electrons. The maximum Gasteiger partial charge on any atom is 0.202 e. The van der Waals surface area contributed by atoms with Crippen LogP contribution in [0, 0.1) is 6.92 Å². The Morgan fingerprint density at radius 2 is 2.26 bits per heavy atom. The van der Waals surface area contributed by atoms with Crippen LogP contribution in [0.3, 0.4) is 0 Å². The highest BCUT2D eigenvalue weighted by molar-refractivity contribution is 7.07. The summed E-state index contributed by atoms with van der Waals surface area (Å²) in [5.74, 6) is 0.549. The summed E-state index contributed by atoms with van der Waals surface area (Å²) in [5.41, 5.74) is 11.8. The van der Waals surface area contributed by atoms with Crippen molar-refractivity contribution in [3.8, 4) is 0 Å². The largest absolute Gasteiger partial charge is 0.369 e. The second-order valence-corrected chi connectivity index (χ2v) is 5.14. The number of nitrogens with two attached hydrogens (primary N) is 1. The molecule has 0 radical (unpaired) electrons. The van der Waals surface area contributed by atoms with Gasteiger partial charge in [-0.05, 0) is 13.8 Å². The molecule has 0 aliphatic carbocycles. The molecule has 0 fully saturated rings. The summed E-state index contributed by atoms with van der Waals surface area (Å²) in [7, 11) is 0. The molecule has 0 aliphatic heterocycles. The lowest BCUT2D eigenvalue weighted by Gasteiger charge is -2.06. The molecule has 0 spiro atoms. The van der Waals surface area contributed by atoms with E-state index in [1.165, 1.54) is 0 Å². The summed E-state index contributed by atoms with van der Waals surface area (Å²) < 4.78 is 3.98. The highest BCUT2D eigenvalue weighted by Gasteiger charge is 2.16. The number of hydrogen-bond acceptors (Lipinski definition) is 5. The minimum Gasteiger partial charge on any atom is -0.369 e. The molecule has 0 bridgehead atoms. The summed E-state index contributed by atoms with van der Waals surface area (Å²) >= 11 is 1.61. The van der Waals surface area contributed by atoms with E-state index in [0.717, 1.165) is 42.1 Å². The lowest BCUT2D eigenvalue weighted by Crippen LogP contribution is -2.10. The minimum atomic E-state index is 0.549. The molecule has 3 rings (SSSR count). The quantitative estimate of drug-likeness (QED) is 0.789. The van der Waals surface area contributed by atoms with Gasteiger partial charge in [0.25, 0.3) is 0 Å². The van der Waals surface area contributed by atoms with Gasteiger partial charge in [0, 0.05) is 24.9 Å². The Morgan fingerprint density at radius 3 is 2.95 bits per heavy atom. The monoisotopic (exact) mass is 276 g/mol. The first-order valence-corrected chi connectivity index (χ1v) is 7.21. The molecule has 3 heterocycles. The van der Waals surface area contributed by atoms with Crippen LogP contribution in [0.2, 0.25) is 0 Å². The van der Waals surface area contributed by atoms with Gasteiger partial charge in [0.1, 0.15) is 5.52 Å². The standard InChI is InChI=1S/C12H16N6S/c1-3-18-11-10(8(2)16-18)15-12(13)17(11)5-4-9-6-19-7-14-9/h6-7H,3-5H2,1-2H3,(H2,13,15). The normalized spacial score (nSPS) is 11.5. The summed E-state index contributed by atoms with van der Waals surface area (Å²) in [5, 5.41) is 6.54. The highest BCUT2D eigenvalue weighted by atomic mass is 32.1. The molecular weight excluding hydrogens is 260 g/mol. The van der Waals surface area contributed by atoms with Gasteiger partial charge >= 0.3 is 0 Å². The van der Waals surface area contributed by atoms with Crippen molar-refractivity contribution in [3.63, 3.8) is 0 Å². The number of nitrogens with zero attached hydrogens (tertiary/aromatic N) is 5. The fraction of sp³-hybridized carbons (Fsp3) is 0.417. The fourth-order valence-electron chi connectivity index (χ4n) is 2.27. The van der Waals surface area contributed by atoms with Crippen LogP contribution in [0.25, 0.3) is 11.2 Å². The van der Waals surface area contributed by atoms with E-state index in [9.17, 15) is 0 Å². The van der Waals surface area contributed by atoms with Gasteiger partial charge in [-0.25, -0.2) is 14.6 Å². The van der Waals surface area contributed by atoms with Gasteiger partial charge in [-0.1, -0.05) is 0 Å². The molecule has 0 aromatic carbocycles. The van der Waals surface area contributed by atoms with E-state index >= 15 is 0 Å². The van der Waals surface area contributed by atoms with Crippen molar-refractivity contribution in [2.45, 2.75) is 33.4 Å². The van der Waals surface area contributed by atoms with Gasteiger partial charge in [0.15, 0.2) is 5.65 Å². The maximum atomic E-state index is 6.02. The number of hydrogen-bond donors (Lipinski definition) is 1. The van der Waals surface area contributed by atoms with Crippen LogP contribution in [0.4, 0.5) is 5.95 Å². The van der Waals surface area contributed by atoms with Gasteiger partial charge in [0.2, 0.25) is 5.95 Å². The van der Waals surface area contributed by atoms with Gasteiger partial charge in [0.05, 0.1) is 16.9 Å². The van der Waals surface area contributed by atoms with Crippen molar-refractivity contribution in [2.75, 3.05) is 5.73 Å². The summed E-state index contributed by atoms with van der Waals surface area (Å²) in [6.07, 6.45) is 0.854. The number of aromatic nitrogens is 5. The van der Waals surface area contributed by atoms with Crippen molar-refractivity contribution in [1.29, 1.82) is 0 Å². The molecule has 0 unspecified atom stereocenters. The fourth-order valence-corrected chi connectivity index (χ4v) is 2.86. The summed E-state index contributed by atoms with van der Waals surface area (Å²) in [6, 6.07) is 0. The van der Waals surface area contributed by atoms with Crippen molar-refractivity contribution < 1.29 is 0 Å². The lowest BCUT2D eigenvalue weighted by atomic mass is 10.3. The average molecular weight is 276 g/mol. The molecule has 3 aromatic heterocycles. The molecule has 0 aliphatic rings. The first-order chi connectivity index (χ1) is 9.20. The van der Waals surface area contributed by atoms with Crippen LogP contribution >= 0.6 is 11.3 Å². The average Bonchev–Trinajstić information content (AvgIpc) is 3.06. The van der Waals surface area contributed by atoms with Crippen molar-refractivity contribution in [3.05, 3.63) is 22.3 Å². The van der Waals surface area contributed by atoms with Crippen molar-refractivity contribution in [1.82, 2.24) is 24.3 Å². The zero-order chi connectivity index (χ0) is 13.4. The van der Waals surface area contributed by atoms with Crippen LogP contribution < -0.4 is 5.73 Å². The Hall–Kier alpha value is -1.89. The number of thiazole rings is 1. The van der Waals surface area contributed by atoms with Gasteiger partial charge < -0.3 is 5.73 Å². The molecule has 6 nitrogen and oxygen atoms in total. The first-order valence-electron chi connectivity index (χ1n) is 6.27. The van der Waals surface area contributed by atoms with Crippen LogP contribution in [-0.2, 0) is 19.5 Å². The maximum absolute atomic E-state index is 6.02. The molecule has 2 N–H and O–H groups in total. The van der Waals surface area contributed by atoms with Crippen LogP contribution in [0.15, 0.2) is 10.9 Å². The zero-order valence-corrected chi connectivity index (χ0v) is 11.8. The highest BCUT2D eigenvalue weighted by Crippen LogP contribution is 2.21. The summed E-state index contributed by atoms with van der Waals surface area (Å²) in [6.45, 7) is 5.62. The smallest absolute Gasteiger partial charge is 0.202 e. The third kappa shape index (κ3) is 1.99. The molecule has 0 amide bonds. The number of nitrogen functional groups attached to an aromatic ring is 1. The predicted octanol–water partition coefficient (Wildman–Crippen LogP) is 1.84. The van der Waals surface area contributed by atoms with Crippen LogP contribution in [-0.4, -0.2) is 24.3 Å². The molecule has 0 atom stereocenters. The van der Waals surface area contributed by atoms with E-state index in [0.29, 0.717) is 5.95 Å².